The lowest BCUT2D eigenvalue weighted by Crippen LogP contribution is -2.21. The second-order valence-corrected chi connectivity index (χ2v) is 4.29. The number of halogens is 3. The average molecular weight is 340 g/mol. The normalized spacial score (nSPS) is 10.9. The zero-order valence-electron chi connectivity index (χ0n) is 10.3. The number of nitrogens with two attached hydrogens (primary N) is 1. The molecular formula is C9H13Cl3N8. The number of imidazole rings is 1. The Morgan fingerprint density at radius 2 is 1.95 bits per heavy atom. The molecule has 11 heteroatoms. The van der Waals surface area contributed by atoms with Crippen LogP contribution in [0.15, 0.2) is 16.7 Å². The van der Waals surface area contributed by atoms with Gasteiger partial charge in [-0.05, 0) is 0 Å². The highest BCUT2D eigenvalue weighted by Gasteiger charge is 2.07. The average Bonchev–Trinajstić information content (AvgIpc) is 2.81. The second-order valence-electron chi connectivity index (χ2n) is 3.54. The number of hydrogen-bond acceptors (Lipinski definition) is 6. The van der Waals surface area contributed by atoms with E-state index in [1.54, 1.807) is 5.01 Å². The van der Waals surface area contributed by atoms with Crippen molar-refractivity contribution in [1.82, 2.24) is 24.9 Å². The summed E-state index contributed by atoms with van der Waals surface area (Å²) >= 11 is 11.3. The summed E-state index contributed by atoms with van der Waals surface area (Å²) in [5.41, 5.74) is 6.67. The van der Waals surface area contributed by atoms with Crippen molar-refractivity contribution < 1.29 is 0 Å². The van der Waals surface area contributed by atoms with Gasteiger partial charge in [-0.2, -0.15) is 4.98 Å². The van der Waals surface area contributed by atoms with E-state index in [4.69, 9.17) is 28.9 Å². The van der Waals surface area contributed by atoms with Gasteiger partial charge in [-0.15, -0.1) is 35.6 Å². The van der Waals surface area contributed by atoms with Crippen LogP contribution in [0, 0.1) is 0 Å². The molecule has 2 aromatic heterocycles. The van der Waals surface area contributed by atoms with E-state index < -0.39 is 0 Å². The van der Waals surface area contributed by atoms with Gasteiger partial charge in [0.1, 0.15) is 11.8 Å². The molecule has 0 aliphatic rings. The smallest absolute Gasteiger partial charge is 0.251 e. The highest BCUT2D eigenvalue weighted by molar-refractivity contribution is 6.18. The molecule has 0 spiro atoms. The number of rotatable bonds is 6. The van der Waals surface area contributed by atoms with Gasteiger partial charge in [0.15, 0.2) is 11.5 Å². The van der Waals surface area contributed by atoms with Gasteiger partial charge >= 0.3 is 0 Å². The Kier molecular flexibility index (Phi) is 6.69. The number of H-pyrrole nitrogens is 1. The number of hydrogen-bond donors (Lipinski definition) is 2. The molecule has 0 fully saturated rings. The van der Waals surface area contributed by atoms with Crippen molar-refractivity contribution in [3.8, 4) is 0 Å². The van der Waals surface area contributed by atoms with Crippen molar-refractivity contribution in [2.75, 3.05) is 30.6 Å². The molecule has 0 saturated carbocycles. The van der Waals surface area contributed by atoms with Crippen LogP contribution in [-0.2, 0) is 0 Å². The van der Waals surface area contributed by atoms with Crippen LogP contribution < -0.4 is 5.73 Å². The van der Waals surface area contributed by atoms with Gasteiger partial charge in [-0.1, -0.05) is 10.3 Å². The first-order chi connectivity index (χ1) is 9.24. The first-order valence-corrected chi connectivity index (χ1v) is 6.56. The molecule has 0 aromatic carbocycles. The highest BCUT2D eigenvalue weighted by Crippen LogP contribution is 2.17. The highest BCUT2D eigenvalue weighted by atomic mass is 35.5. The molecule has 0 aliphatic carbocycles. The third-order valence-electron chi connectivity index (χ3n) is 2.26. The van der Waals surface area contributed by atoms with Crippen LogP contribution in [0.4, 0.5) is 11.8 Å². The fourth-order valence-corrected chi connectivity index (χ4v) is 1.77. The third kappa shape index (κ3) is 4.06. The van der Waals surface area contributed by atoms with Gasteiger partial charge < -0.3 is 10.7 Å². The van der Waals surface area contributed by atoms with E-state index in [0.717, 1.165) is 0 Å². The largest absolute Gasteiger partial charge is 0.382 e. The van der Waals surface area contributed by atoms with E-state index >= 15 is 0 Å². The second kappa shape index (κ2) is 8.03. The van der Waals surface area contributed by atoms with Crippen LogP contribution in [0.25, 0.3) is 11.2 Å². The van der Waals surface area contributed by atoms with Crippen molar-refractivity contribution >= 4 is 58.5 Å². The van der Waals surface area contributed by atoms with Crippen LogP contribution in [0.5, 0.6) is 0 Å². The van der Waals surface area contributed by atoms with Gasteiger partial charge in [-0.3, -0.25) is 5.01 Å². The Hall–Kier alpha value is -1.38. The summed E-state index contributed by atoms with van der Waals surface area (Å²) < 4.78 is 0. The molecule has 0 saturated heterocycles. The molecule has 0 bridgehead atoms. The zero-order chi connectivity index (χ0) is 13.7. The number of aromatic amines is 1. The summed E-state index contributed by atoms with van der Waals surface area (Å²) in [4.78, 5) is 14.8. The summed E-state index contributed by atoms with van der Waals surface area (Å²) in [5, 5.41) is 9.63. The number of nitrogens with zero attached hydrogens (tertiary/aromatic N) is 6. The predicted octanol–water partition coefficient (Wildman–Crippen LogP) is 2.14. The van der Waals surface area contributed by atoms with E-state index in [1.807, 2.05) is 0 Å². The Morgan fingerprint density at radius 3 is 2.55 bits per heavy atom. The predicted molar refractivity (Wildman–Crippen MR) is 80.9 cm³/mol. The Bertz CT molecular complexity index is 565. The molecule has 3 N–H and O–H groups in total. The quantitative estimate of drug-likeness (QED) is 0.476. The molecule has 0 aliphatic heterocycles. The SMILES string of the molecule is Cl.Nc1ncnc2nc(/N=N\N(CCCl)CCCl)[nH]c12. The lowest BCUT2D eigenvalue weighted by atomic mass is 10.5. The minimum Gasteiger partial charge on any atom is -0.382 e. The van der Waals surface area contributed by atoms with Crippen LogP contribution in [0.1, 0.15) is 0 Å². The minimum atomic E-state index is 0. The maximum Gasteiger partial charge on any atom is 0.251 e. The molecule has 0 atom stereocenters. The van der Waals surface area contributed by atoms with Crippen molar-refractivity contribution in [3.05, 3.63) is 6.33 Å². The maximum absolute atomic E-state index is 5.68. The number of fused-ring (bicyclic) bond motifs is 1. The number of aromatic nitrogens is 4. The van der Waals surface area contributed by atoms with Crippen molar-refractivity contribution in [3.63, 3.8) is 0 Å². The monoisotopic (exact) mass is 338 g/mol. The molecule has 2 heterocycles. The Labute approximate surface area is 131 Å². The number of nitrogens with one attached hydrogen (secondary N) is 1. The van der Waals surface area contributed by atoms with Gasteiger partial charge in [-0.25, -0.2) is 9.97 Å². The number of nitrogen functional groups attached to an aromatic ring is 1. The van der Waals surface area contributed by atoms with Crippen LogP contribution in [0.2, 0.25) is 0 Å². The van der Waals surface area contributed by atoms with Crippen molar-refractivity contribution in [2.45, 2.75) is 0 Å². The van der Waals surface area contributed by atoms with Crippen molar-refractivity contribution in [2.24, 2.45) is 10.3 Å². The standard InChI is InChI=1S/C9H12Cl2N8.ClH/c10-1-3-19(4-2-11)18-17-9-15-6-7(12)13-5-14-8(6)16-9;/h5H,1-4H2,(H3,12,13,14,15,16);1H/b18-17-;. The van der Waals surface area contributed by atoms with Crippen LogP contribution in [-0.4, -0.2) is 49.8 Å². The fraction of sp³-hybridized carbons (Fsp3) is 0.444. The van der Waals surface area contributed by atoms with Gasteiger partial charge in [0, 0.05) is 11.8 Å². The first kappa shape index (κ1) is 16.7. The summed E-state index contributed by atoms with van der Waals surface area (Å²) in [5.74, 6) is 1.50. The Morgan fingerprint density at radius 1 is 1.25 bits per heavy atom. The molecule has 2 aromatic rings. The van der Waals surface area contributed by atoms with Crippen molar-refractivity contribution in [1.29, 1.82) is 0 Å². The van der Waals surface area contributed by atoms with E-state index in [9.17, 15) is 0 Å². The van der Waals surface area contributed by atoms with E-state index in [-0.39, 0.29) is 12.4 Å². The molecular weight excluding hydrogens is 327 g/mol. The van der Waals surface area contributed by atoms with E-state index in [1.165, 1.54) is 6.33 Å². The maximum atomic E-state index is 5.68. The van der Waals surface area contributed by atoms with Gasteiger partial charge in [0.05, 0.1) is 13.1 Å². The Balaban J connectivity index is 0.00000200. The van der Waals surface area contributed by atoms with Crippen LogP contribution >= 0.6 is 35.6 Å². The summed E-state index contributed by atoms with van der Waals surface area (Å²) in [6.45, 7) is 1.11. The molecule has 20 heavy (non-hydrogen) atoms. The van der Waals surface area contributed by atoms with E-state index in [0.29, 0.717) is 47.8 Å². The zero-order valence-corrected chi connectivity index (χ0v) is 12.7. The first-order valence-electron chi connectivity index (χ1n) is 5.49. The van der Waals surface area contributed by atoms with E-state index in [2.05, 4.69) is 30.3 Å². The molecule has 0 amide bonds. The molecule has 0 radical (unpaired) electrons. The summed E-state index contributed by atoms with van der Waals surface area (Å²) in [6, 6.07) is 0. The lowest BCUT2D eigenvalue weighted by molar-refractivity contribution is 0.303. The molecule has 8 nitrogen and oxygen atoms in total. The topological polar surface area (TPSA) is 108 Å². The number of anilines is 1. The third-order valence-corrected chi connectivity index (χ3v) is 2.59. The lowest BCUT2D eigenvalue weighted by Gasteiger charge is -2.13. The summed E-state index contributed by atoms with van der Waals surface area (Å²) in [7, 11) is 0. The fourth-order valence-electron chi connectivity index (χ4n) is 1.38. The molecule has 2 rings (SSSR count). The minimum absolute atomic E-state index is 0. The van der Waals surface area contributed by atoms with Crippen LogP contribution in [0.3, 0.4) is 0 Å². The number of alkyl halides is 2. The molecule has 0 unspecified atom stereocenters. The summed E-state index contributed by atoms with van der Waals surface area (Å²) in [6.07, 6.45) is 1.34. The van der Waals surface area contributed by atoms with Gasteiger partial charge in [0.2, 0.25) is 0 Å². The van der Waals surface area contributed by atoms with Gasteiger partial charge in [0.25, 0.3) is 5.95 Å². The molecule has 110 valence electrons.